The maximum Gasteiger partial charge on any atom is 0.335 e. The average Bonchev–Trinajstić information content (AvgIpc) is 2.63. The maximum absolute atomic E-state index is 12.7. The third-order valence-corrected chi connectivity index (χ3v) is 3.94. The van der Waals surface area contributed by atoms with Crippen LogP contribution in [0.5, 0.6) is 5.75 Å². The quantitative estimate of drug-likeness (QED) is 0.677. The van der Waals surface area contributed by atoms with E-state index in [2.05, 4.69) is 10.3 Å². The molecule has 132 valence electrons. The van der Waals surface area contributed by atoms with E-state index in [0.717, 1.165) is 10.5 Å². The second kappa shape index (κ2) is 7.18. The topological polar surface area (TPSA) is 88.1 Å². The fourth-order valence-electron chi connectivity index (χ4n) is 2.49. The number of ether oxygens (including phenoxy) is 1. The van der Waals surface area contributed by atoms with E-state index in [4.69, 9.17) is 4.74 Å². The Morgan fingerprint density at radius 2 is 1.69 bits per heavy atom. The summed E-state index contributed by atoms with van der Waals surface area (Å²) in [6, 6.07) is 12.9. The highest BCUT2D eigenvalue weighted by Crippen LogP contribution is 2.23. The van der Waals surface area contributed by atoms with Crippen molar-refractivity contribution in [3.05, 3.63) is 54.1 Å². The van der Waals surface area contributed by atoms with Crippen LogP contribution < -0.4 is 15.0 Å². The summed E-state index contributed by atoms with van der Waals surface area (Å²) < 4.78 is 5.07. The highest BCUT2D eigenvalue weighted by molar-refractivity contribution is 6.32. The Morgan fingerprint density at radius 1 is 1.04 bits per heavy atom. The van der Waals surface area contributed by atoms with Crippen molar-refractivity contribution < 1.29 is 19.1 Å². The van der Waals surface area contributed by atoms with E-state index in [9.17, 15) is 14.4 Å². The molecule has 0 aliphatic carbocycles. The third kappa shape index (κ3) is 3.46. The van der Waals surface area contributed by atoms with Crippen molar-refractivity contribution in [1.82, 2.24) is 5.32 Å². The molecular formula is C19H17N3O4. The Kier molecular flexibility index (Phi) is 4.79. The van der Waals surface area contributed by atoms with E-state index in [1.165, 1.54) is 13.3 Å². The summed E-state index contributed by atoms with van der Waals surface area (Å²) in [6.45, 7) is 1.95. The van der Waals surface area contributed by atoms with Crippen LogP contribution in [-0.4, -0.2) is 31.2 Å². The van der Waals surface area contributed by atoms with Crippen LogP contribution >= 0.6 is 0 Å². The summed E-state index contributed by atoms with van der Waals surface area (Å²) in [6.07, 6.45) is 1.26. The smallest absolute Gasteiger partial charge is 0.335 e. The molecule has 26 heavy (non-hydrogen) atoms. The van der Waals surface area contributed by atoms with Gasteiger partial charge in [-0.15, -0.1) is 0 Å². The van der Waals surface area contributed by atoms with Crippen molar-refractivity contribution in [3.63, 3.8) is 0 Å². The van der Waals surface area contributed by atoms with Gasteiger partial charge in [0, 0.05) is 6.21 Å². The number of urea groups is 1. The van der Waals surface area contributed by atoms with Crippen LogP contribution in [0.1, 0.15) is 5.56 Å². The van der Waals surface area contributed by atoms with Gasteiger partial charge in [-0.3, -0.25) is 19.9 Å². The normalized spacial score (nSPS) is 17.5. The van der Waals surface area contributed by atoms with Gasteiger partial charge in [0.25, 0.3) is 5.91 Å². The van der Waals surface area contributed by atoms with E-state index in [-0.39, 0.29) is 0 Å². The molecule has 1 atom stereocenters. The number of nitrogens with zero attached hydrogens (tertiary/aromatic N) is 2. The second-order valence-electron chi connectivity index (χ2n) is 5.76. The van der Waals surface area contributed by atoms with Crippen LogP contribution in [0.3, 0.4) is 0 Å². The van der Waals surface area contributed by atoms with Crippen molar-refractivity contribution in [2.24, 2.45) is 10.9 Å². The number of aliphatic imine (C=N–C) groups is 1. The van der Waals surface area contributed by atoms with E-state index in [1.807, 2.05) is 19.1 Å². The Morgan fingerprint density at radius 3 is 2.31 bits per heavy atom. The second-order valence-corrected chi connectivity index (χ2v) is 5.76. The molecule has 1 fully saturated rings. The number of benzene rings is 2. The molecule has 0 aromatic heterocycles. The standard InChI is InChI=1S/C19H17N3O4/c1-12-3-5-13(6-4-12)20-11-16-17(23)21-19(25)22(18(16)24)14-7-9-15(26-2)10-8-14/h3-11,16H,1-2H3,(H,21,23,25)/t16-/m0/s1. The summed E-state index contributed by atoms with van der Waals surface area (Å²) in [5.41, 5.74) is 2.03. The first-order valence-electron chi connectivity index (χ1n) is 7.93. The lowest BCUT2D eigenvalue weighted by Crippen LogP contribution is -2.58. The average molecular weight is 351 g/mol. The van der Waals surface area contributed by atoms with Gasteiger partial charge >= 0.3 is 6.03 Å². The lowest BCUT2D eigenvalue weighted by atomic mass is 10.1. The number of carbonyl (C=O) groups excluding carboxylic acids is 3. The van der Waals surface area contributed by atoms with Crippen molar-refractivity contribution in [2.75, 3.05) is 12.0 Å². The fraction of sp³-hybridized carbons (Fsp3) is 0.158. The molecule has 3 rings (SSSR count). The number of hydrogen-bond donors (Lipinski definition) is 1. The predicted molar refractivity (Wildman–Crippen MR) is 96.8 cm³/mol. The fourth-order valence-corrected chi connectivity index (χ4v) is 2.49. The summed E-state index contributed by atoms with van der Waals surface area (Å²) >= 11 is 0. The highest BCUT2D eigenvalue weighted by Gasteiger charge is 2.40. The number of barbiturate groups is 1. The van der Waals surface area contributed by atoms with Gasteiger partial charge in [0.15, 0.2) is 5.92 Å². The number of methoxy groups -OCH3 is 1. The summed E-state index contributed by atoms with van der Waals surface area (Å²) in [7, 11) is 1.52. The minimum atomic E-state index is -1.18. The lowest BCUT2D eigenvalue weighted by molar-refractivity contribution is -0.131. The van der Waals surface area contributed by atoms with Gasteiger partial charge < -0.3 is 4.74 Å². The molecule has 1 aliphatic rings. The Balaban J connectivity index is 1.86. The van der Waals surface area contributed by atoms with Gasteiger partial charge in [0.1, 0.15) is 5.75 Å². The van der Waals surface area contributed by atoms with Crippen molar-refractivity contribution >= 4 is 35.4 Å². The molecule has 1 aliphatic heterocycles. The molecule has 1 N–H and O–H groups in total. The van der Waals surface area contributed by atoms with E-state index >= 15 is 0 Å². The number of rotatable bonds is 4. The monoisotopic (exact) mass is 351 g/mol. The van der Waals surface area contributed by atoms with Crippen LogP contribution in [0.2, 0.25) is 0 Å². The van der Waals surface area contributed by atoms with Gasteiger partial charge in [-0.1, -0.05) is 17.7 Å². The highest BCUT2D eigenvalue weighted by atomic mass is 16.5. The number of carbonyl (C=O) groups is 3. The van der Waals surface area contributed by atoms with Crippen LogP contribution in [0, 0.1) is 12.8 Å². The molecule has 1 heterocycles. The zero-order chi connectivity index (χ0) is 18.7. The lowest BCUT2D eigenvalue weighted by Gasteiger charge is -2.28. The summed E-state index contributed by atoms with van der Waals surface area (Å²) in [4.78, 5) is 42.0. The van der Waals surface area contributed by atoms with Crippen LogP contribution in [0.4, 0.5) is 16.2 Å². The van der Waals surface area contributed by atoms with Gasteiger partial charge in [-0.05, 0) is 43.3 Å². The summed E-state index contributed by atoms with van der Waals surface area (Å²) in [5, 5.41) is 2.19. The maximum atomic E-state index is 12.7. The number of hydrogen-bond acceptors (Lipinski definition) is 5. The molecule has 0 bridgehead atoms. The molecule has 0 spiro atoms. The van der Waals surface area contributed by atoms with Gasteiger partial charge in [-0.25, -0.2) is 9.69 Å². The number of nitrogens with one attached hydrogen (secondary N) is 1. The van der Waals surface area contributed by atoms with E-state index < -0.39 is 23.8 Å². The molecule has 2 aromatic carbocycles. The van der Waals surface area contributed by atoms with E-state index in [0.29, 0.717) is 17.1 Å². The molecule has 0 radical (unpaired) electrons. The van der Waals surface area contributed by atoms with Gasteiger partial charge in [-0.2, -0.15) is 0 Å². The molecular weight excluding hydrogens is 334 g/mol. The van der Waals surface area contributed by atoms with Crippen LogP contribution in [0.15, 0.2) is 53.5 Å². The molecule has 0 unspecified atom stereocenters. The van der Waals surface area contributed by atoms with Crippen molar-refractivity contribution in [2.45, 2.75) is 6.92 Å². The van der Waals surface area contributed by atoms with Crippen molar-refractivity contribution in [3.8, 4) is 5.75 Å². The number of aryl methyl sites for hydroxylation is 1. The minimum Gasteiger partial charge on any atom is -0.497 e. The molecule has 4 amide bonds. The first kappa shape index (κ1) is 17.3. The summed E-state index contributed by atoms with van der Waals surface area (Å²) in [5.74, 6) is -1.94. The molecule has 7 heteroatoms. The number of amides is 4. The first-order valence-corrected chi connectivity index (χ1v) is 7.93. The molecule has 0 saturated carbocycles. The largest absolute Gasteiger partial charge is 0.497 e. The Labute approximate surface area is 150 Å². The number of imide groups is 2. The van der Waals surface area contributed by atoms with Crippen molar-refractivity contribution in [1.29, 1.82) is 0 Å². The Bertz CT molecular complexity index is 873. The molecule has 7 nitrogen and oxygen atoms in total. The molecule has 2 aromatic rings. The SMILES string of the molecule is COc1ccc(N2C(=O)NC(=O)[C@H](C=Nc3ccc(C)cc3)C2=O)cc1. The van der Waals surface area contributed by atoms with Gasteiger partial charge in [0.05, 0.1) is 18.5 Å². The predicted octanol–water partition coefficient (Wildman–Crippen LogP) is 2.61. The first-order chi connectivity index (χ1) is 12.5. The van der Waals surface area contributed by atoms with Gasteiger partial charge in [0.2, 0.25) is 5.91 Å². The minimum absolute atomic E-state index is 0.342. The third-order valence-electron chi connectivity index (χ3n) is 3.94. The zero-order valence-electron chi connectivity index (χ0n) is 14.3. The number of anilines is 1. The molecule has 1 saturated heterocycles. The van der Waals surface area contributed by atoms with Crippen LogP contribution in [0.25, 0.3) is 0 Å². The van der Waals surface area contributed by atoms with Crippen LogP contribution in [-0.2, 0) is 9.59 Å². The zero-order valence-corrected chi connectivity index (χ0v) is 14.3. The Hall–Kier alpha value is -3.48. The van der Waals surface area contributed by atoms with E-state index in [1.54, 1.807) is 36.4 Å².